The summed E-state index contributed by atoms with van der Waals surface area (Å²) < 4.78 is 0. The van der Waals surface area contributed by atoms with Gasteiger partial charge in [0.15, 0.2) is 0 Å². The lowest BCUT2D eigenvalue weighted by atomic mass is 9.76. The Morgan fingerprint density at radius 2 is 1.21 bits per heavy atom. The van der Waals surface area contributed by atoms with Crippen LogP contribution in [-0.2, 0) is 10.3 Å². The Morgan fingerprint density at radius 3 is 1.54 bits per heavy atom. The largest absolute Gasteiger partial charge is 0.394 e. The monoisotopic (exact) mass is 374 g/mol. The SMILES string of the molecule is CCNC(=O)[C@@H](CO)NC(c1ccccc1)(c1ccccc1)c1ccccc1. The number of aliphatic hydroxyl groups is 1. The summed E-state index contributed by atoms with van der Waals surface area (Å²) in [6, 6.07) is 29.3. The second-order valence-electron chi connectivity index (χ2n) is 6.62. The van der Waals surface area contributed by atoms with Gasteiger partial charge in [0.2, 0.25) is 5.91 Å². The van der Waals surface area contributed by atoms with Crippen molar-refractivity contribution in [1.82, 2.24) is 10.6 Å². The average molecular weight is 374 g/mol. The number of likely N-dealkylation sites (N-methyl/N-ethyl adjacent to an activating group) is 1. The van der Waals surface area contributed by atoms with Gasteiger partial charge in [0.1, 0.15) is 6.04 Å². The molecule has 4 nitrogen and oxygen atoms in total. The van der Waals surface area contributed by atoms with Crippen molar-refractivity contribution in [3.8, 4) is 0 Å². The highest BCUT2D eigenvalue weighted by Crippen LogP contribution is 2.37. The number of carbonyl (C=O) groups excluding carboxylic acids is 1. The van der Waals surface area contributed by atoms with E-state index in [1.54, 1.807) is 0 Å². The van der Waals surface area contributed by atoms with Crippen LogP contribution in [0.2, 0.25) is 0 Å². The summed E-state index contributed by atoms with van der Waals surface area (Å²) in [5.41, 5.74) is 2.20. The number of nitrogens with one attached hydrogen (secondary N) is 2. The molecule has 3 rings (SSSR count). The lowest BCUT2D eigenvalue weighted by Crippen LogP contribution is -2.56. The molecular formula is C24H26N2O2. The van der Waals surface area contributed by atoms with Gasteiger partial charge in [-0.2, -0.15) is 0 Å². The summed E-state index contributed by atoms with van der Waals surface area (Å²) in [6.45, 7) is 2.07. The molecule has 3 aromatic carbocycles. The third-order valence-corrected chi connectivity index (χ3v) is 4.86. The first kappa shape index (κ1) is 19.8. The van der Waals surface area contributed by atoms with E-state index in [1.165, 1.54) is 0 Å². The van der Waals surface area contributed by atoms with Gasteiger partial charge in [0, 0.05) is 6.54 Å². The van der Waals surface area contributed by atoms with E-state index in [-0.39, 0.29) is 12.5 Å². The van der Waals surface area contributed by atoms with Gasteiger partial charge in [0.05, 0.1) is 12.1 Å². The molecule has 3 N–H and O–H groups in total. The van der Waals surface area contributed by atoms with Crippen LogP contribution in [0.5, 0.6) is 0 Å². The van der Waals surface area contributed by atoms with E-state index in [4.69, 9.17) is 0 Å². The highest BCUT2D eigenvalue weighted by Gasteiger charge is 2.39. The van der Waals surface area contributed by atoms with Crippen LogP contribution < -0.4 is 10.6 Å². The molecule has 0 fully saturated rings. The van der Waals surface area contributed by atoms with E-state index < -0.39 is 11.6 Å². The molecule has 0 saturated heterocycles. The molecule has 0 bridgehead atoms. The minimum Gasteiger partial charge on any atom is -0.394 e. The van der Waals surface area contributed by atoms with Gasteiger partial charge in [0.25, 0.3) is 0 Å². The van der Waals surface area contributed by atoms with E-state index in [1.807, 2.05) is 97.9 Å². The Balaban J connectivity index is 2.23. The molecule has 0 unspecified atom stereocenters. The normalized spacial score (nSPS) is 12.4. The minimum atomic E-state index is -0.789. The van der Waals surface area contributed by atoms with Gasteiger partial charge < -0.3 is 10.4 Å². The van der Waals surface area contributed by atoms with Gasteiger partial charge in [-0.15, -0.1) is 0 Å². The summed E-state index contributed by atoms with van der Waals surface area (Å²) >= 11 is 0. The number of amides is 1. The van der Waals surface area contributed by atoms with Crippen LogP contribution in [0.3, 0.4) is 0 Å². The van der Waals surface area contributed by atoms with Crippen LogP contribution in [0, 0.1) is 0 Å². The van der Waals surface area contributed by atoms with E-state index in [9.17, 15) is 9.90 Å². The van der Waals surface area contributed by atoms with Crippen LogP contribution in [0.1, 0.15) is 23.6 Å². The zero-order valence-electron chi connectivity index (χ0n) is 16.0. The fraction of sp³-hybridized carbons (Fsp3) is 0.208. The highest BCUT2D eigenvalue weighted by atomic mass is 16.3. The first-order valence-corrected chi connectivity index (χ1v) is 9.55. The van der Waals surface area contributed by atoms with E-state index in [0.29, 0.717) is 6.54 Å². The molecule has 28 heavy (non-hydrogen) atoms. The Labute approximate surface area is 166 Å². The number of hydrogen-bond acceptors (Lipinski definition) is 3. The maximum absolute atomic E-state index is 12.6. The molecule has 0 heterocycles. The lowest BCUT2D eigenvalue weighted by molar-refractivity contribution is -0.124. The van der Waals surface area contributed by atoms with Gasteiger partial charge in [-0.05, 0) is 23.6 Å². The molecule has 1 atom stereocenters. The van der Waals surface area contributed by atoms with Crippen molar-refractivity contribution in [2.45, 2.75) is 18.5 Å². The number of hydrogen-bond donors (Lipinski definition) is 3. The molecular weight excluding hydrogens is 348 g/mol. The molecule has 4 heteroatoms. The third-order valence-electron chi connectivity index (χ3n) is 4.86. The van der Waals surface area contributed by atoms with Crippen molar-refractivity contribution in [2.24, 2.45) is 0 Å². The van der Waals surface area contributed by atoms with E-state index in [2.05, 4.69) is 10.6 Å². The molecule has 0 spiro atoms. The summed E-state index contributed by atoms with van der Waals surface area (Å²) in [5, 5.41) is 16.3. The Morgan fingerprint density at radius 1 is 0.821 bits per heavy atom. The highest BCUT2D eigenvalue weighted by molar-refractivity contribution is 5.82. The Bertz CT molecular complexity index is 770. The third kappa shape index (κ3) is 3.98. The Hall–Kier alpha value is -2.95. The minimum absolute atomic E-state index is 0.225. The van der Waals surface area contributed by atoms with Crippen LogP contribution >= 0.6 is 0 Å². The smallest absolute Gasteiger partial charge is 0.239 e. The molecule has 0 aliphatic rings. The number of aliphatic hydroxyl groups excluding tert-OH is 1. The van der Waals surface area contributed by atoms with Gasteiger partial charge in [-0.3, -0.25) is 10.1 Å². The fourth-order valence-electron chi connectivity index (χ4n) is 3.57. The molecule has 1 amide bonds. The molecule has 0 radical (unpaired) electrons. The Kier molecular flexibility index (Phi) is 6.58. The zero-order valence-corrected chi connectivity index (χ0v) is 16.0. The molecule has 0 aliphatic heterocycles. The first-order chi connectivity index (χ1) is 13.7. The van der Waals surface area contributed by atoms with Crippen molar-refractivity contribution >= 4 is 5.91 Å². The van der Waals surface area contributed by atoms with Crippen LogP contribution in [0.4, 0.5) is 0 Å². The molecule has 144 valence electrons. The zero-order chi connectivity index (χ0) is 19.8. The van der Waals surface area contributed by atoms with Crippen molar-refractivity contribution in [2.75, 3.05) is 13.2 Å². The predicted octanol–water partition coefficient (Wildman–Crippen LogP) is 3.07. The topological polar surface area (TPSA) is 61.4 Å². The standard InChI is InChI=1S/C24H26N2O2/c1-2-25-23(28)22(18-27)26-24(19-12-6-3-7-13-19,20-14-8-4-9-15-20)21-16-10-5-11-17-21/h3-17,22,26-27H,2,18H2,1H3,(H,25,28)/t22-/m1/s1. The van der Waals surface area contributed by atoms with Crippen molar-refractivity contribution in [1.29, 1.82) is 0 Å². The molecule has 0 saturated carbocycles. The maximum Gasteiger partial charge on any atom is 0.239 e. The molecule has 0 aliphatic carbocycles. The molecule has 0 aromatic heterocycles. The lowest BCUT2D eigenvalue weighted by Gasteiger charge is -2.39. The van der Waals surface area contributed by atoms with Crippen molar-refractivity contribution in [3.05, 3.63) is 108 Å². The van der Waals surface area contributed by atoms with Crippen LogP contribution in [0.15, 0.2) is 91.0 Å². The predicted molar refractivity (Wildman–Crippen MR) is 112 cm³/mol. The summed E-state index contributed by atoms with van der Waals surface area (Å²) in [7, 11) is 0. The van der Waals surface area contributed by atoms with Crippen molar-refractivity contribution in [3.63, 3.8) is 0 Å². The van der Waals surface area contributed by atoms with E-state index in [0.717, 1.165) is 16.7 Å². The summed E-state index contributed by atoms with van der Waals surface area (Å²) in [4.78, 5) is 12.6. The summed E-state index contributed by atoms with van der Waals surface area (Å²) in [5.74, 6) is -0.225. The maximum atomic E-state index is 12.6. The van der Waals surface area contributed by atoms with Crippen LogP contribution in [-0.4, -0.2) is 30.2 Å². The van der Waals surface area contributed by atoms with Gasteiger partial charge in [-0.25, -0.2) is 0 Å². The second kappa shape index (κ2) is 9.31. The van der Waals surface area contributed by atoms with E-state index >= 15 is 0 Å². The quantitative estimate of drug-likeness (QED) is 0.531. The molecule has 3 aromatic rings. The van der Waals surface area contributed by atoms with Crippen LogP contribution in [0.25, 0.3) is 0 Å². The second-order valence-corrected chi connectivity index (χ2v) is 6.62. The summed E-state index contributed by atoms with van der Waals surface area (Å²) in [6.07, 6.45) is 0. The number of carbonyl (C=O) groups is 1. The number of benzene rings is 3. The van der Waals surface area contributed by atoms with Crippen molar-refractivity contribution < 1.29 is 9.90 Å². The van der Waals surface area contributed by atoms with Gasteiger partial charge in [-0.1, -0.05) is 91.0 Å². The first-order valence-electron chi connectivity index (χ1n) is 9.55. The average Bonchev–Trinajstić information content (AvgIpc) is 2.77. The van der Waals surface area contributed by atoms with Gasteiger partial charge >= 0.3 is 0 Å². The number of rotatable bonds is 8. The fourth-order valence-corrected chi connectivity index (χ4v) is 3.57.